The number of rotatable bonds is 8. The molecule has 1 heterocycles. The van der Waals surface area contributed by atoms with E-state index in [9.17, 15) is 0 Å². The third-order valence-corrected chi connectivity index (χ3v) is 3.48. The van der Waals surface area contributed by atoms with E-state index >= 15 is 0 Å². The molecule has 0 atom stereocenters. The molecule has 17 heavy (non-hydrogen) atoms. The van der Waals surface area contributed by atoms with Gasteiger partial charge in [-0.1, -0.05) is 12.8 Å². The number of β-amino-alcohol motifs (C(OH)–C–C–N with tert-alkyl or cyclic N) is 1. The SMILES string of the molecule is OCCCCCCN1CCCN(CCO)CC1. The highest BCUT2D eigenvalue weighted by Crippen LogP contribution is 2.06. The van der Waals surface area contributed by atoms with Crippen molar-refractivity contribution in [3.05, 3.63) is 0 Å². The molecule has 1 rings (SSSR count). The maximum absolute atomic E-state index is 8.92. The molecule has 1 fully saturated rings. The highest BCUT2D eigenvalue weighted by atomic mass is 16.3. The molecular formula is C13H28N2O2. The molecule has 0 aromatic heterocycles. The molecule has 0 aromatic carbocycles. The fraction of sp³-hybridized carbons (Fsp3) is 1.00. The van der Waals surface area contributed by atoms with Crippen molar-refractivity contribution in [1.82, 2.24) is 9.80 Å². The molecule has 2 N–H and O–H groups in total. The Balaban J connectivity index is 2.05. The molecule has 4 heteroatoms. The van der Waals surface area contributed by atoms with Crippen LogP contribution in [0.5, 0.6) is 0 Å². The summed E-state index contributed by atoms with van der Waals surface area (Å²) < 4.78 is 0. The number of aliphatic hydroxyl groups excluding tert-OH is 2. The van der Waals surface area contributed by atoms with E-state index in [0.29, 0.717) is 6.61 Å². The van der Waals surface area contributed by atoms with Crippen LogP contribution in [0.2, 0.25) is 0 Å². The molecule has 0 aliphatic carbocycles. The first-order valence-corrected chi connectivity index (χ1v) is 7.03. The van der Waals surface area contributed by atoms with Gasteiger partial charge in [-0.3, -0.25) is 4.90 Å². The zero-order chi connectivity index (χ0) is 12.3. The van der Waals surface area contributed by atoms with Crippen LogP contribution in [0.15, 0.2) is 0 Å². The van der Waals surface area contributed by atoms with E-state index < -0.39 is 0 Å². The van der Waals surface area contributed by atoms with E-state index in [0.717, 1.165) is 39.0 Å². The fourth-order valence-corrected chi connectivity index (χ4v) is 2.41. The first-order chi connectivity index (χ1) is 8.36. The van der Waals surface area contributed by atoms with Gasteiger partial charge in [0.2, 0.25) is 0 Å². The van der Waals surface area contributed by atoms with Crippen molar-refractivity contribution in [3.8, 4) is 0 Å². The highest BCUT2D eigenvalue weighted by molar-refractivity contribution is 4.69. The second-order valence-corrected chi connectivity index (χ2v) is 4.90. The van der Waals surface area contributed by atoms with Crippen LogP contribution in [-0.4, -0.2) is 72.5 Å². The average Bonchev–Trinajstić information content (AvgIpc) is 2.55. The maximum Gasteiger partial charge on any atom is 0.0558 e. The second-order valence-electron chi connectivity index (χ2n) is 4.90. The van der Waals surface area contributed by atoms with Gasteiger partial charge in [0, 0.05) is 26.2 Å². The predicted molar refractivity (Wildman–Crippen MR) is 70.1 cm³/mol. The van der Waals surface area contributed by atoms with Gasteiger partial charge in [0.1, 0.15) is 0 Å². The van der Waals surface area contributed by atoms with Gasteiger partial charge < -0.3 is 15.1 Å². The summed E-state index contributed by atoms with van der Waals surface area (Å²) in [6.07, 6.45) is 5.80. The first-order valence-electron chi connectivity index (χ1n) is 7.03. The second kappa shape index (κ2) is 9.83. The Kier molecular flexibility index (Phi) is 8.61. The molecule has 1 saturated heterocycles. The van der Waals surface area contributed by atoms with E-state index in [4.69, 9.17) is 10.2 Å². The van der Waals surface area contributed by atoms with Gasteiger partial charge in [0.15, 0.2) is 0 Å². The average molecular weight is 244 g/mol. The van der Waals surface area contributed by atoms with Crippen LogP contribution in [0, 0.1) is 0 Å². The van der Waals surface area contributed by atoms with Crippen LogP contribution in [-0.2, 0) is 0 Å². The van der Waals surface area contributed by atoms with Gasteiger partial charge in [0.25, 0.3) is 0 Å². The Labute approximate surface area is 105 Å². The van der Waals surface area contributed by atoms with Gasteiger partial charge in [-0.2, -0.15) is 0 Å². The van der Waals surface area contributed by atoms with Crippen LogP contribution in [0.3, 0.4) is 0 Å². The van der Waals surface area contributed by atoms with Crippen LogP contribution >= 0.6 is 0 Å². The monoisotopic (exact) mass is 244 g/mol. The molecule has 0 aromatic rings. The Morgan fingerprint density at radius 1 is 0.647 bits per heavy atom. The number of hydrogen-bond acceptors (Lipinski definition) is 4. The number of unbranched alkanes of at least 4 members (excludes halogenated alkanes) is 3. The molecule has 0 amide bonds. The Hall–Kier alpha value is -0.160. The van der Waals surface area contributed by atoms with Gasteiger partial charge in [-0.15, -0.1) is 0 Å². The van der Waals surface area contributed by atoms with E-state index in [1.54, 1.807) is 0 Å². The largest absolute Gasteiger partial charge is 0.396 e. The van der Waals surface area contributed by atoms with Crippen LogP contribution in [0.25, 0.3) is 0 Å². The summed E-state index contributed by atoms with van der Waals surface area (Å²) in [6.45, 7) is 7.18. The van der Waals surface area contributed by atoms with Crippen molar-refractivity contribution in [2.45, 2.75) is 32.1 Å². The molecule has 102 valence electrons. The maximum atomic E-state index is 8.92. The highest BCUT2D eigenvalue weighted by Gasteiger charge is 2.13. The Morgan fingerprint density at radius 3 is 1.94 bits per heavy atom. The zero-order valence-electron chi connectivity index (χ0n) is 11.0. The van der Waals surface area contributed by atoms with Crippen molar-refractivity contribution in [2.75, 3.05) is 52.5 Å². The lowest BCUT2D eigenvalue weighted by atomic mass is 10.2. The van der Waals surface area contributed by atoms with Crippen LogP contribution in [0.1, 0.15) is 32.1 Å². The summed E-state index contributed by atoms with van der Waals surface area (Å²) >= 11 is 0. The molecular weight excluding hydrogens is 216 g/mol. The van der Waals surface area contributed by atoms with Gasteiger partial charge in [-0.25, -0.2) is 0 Å². The number of aliphatic hydroxyl groups is 2. The van der Waals surface area contributed by atoms with E-state index in [2.05, 4.69) is 9.80 Å². The summed E-state index contributed by atoms with van der Waals surface area (Å²) in [5, 5.41) is 17.6. The standard InChI is InChI=1S/C13H28N2O2/c16-12-4-2-1-3-6-14-7-5-8-15(10-9-14)11-13-17/h16-17H,1-13H2. The van der Waals surface area contributed by atoms with Crippen molar-refractivity contribution < 1.29 is 10.2 Å². The van der Waals surface area contributed by atoms with Crippen molar-refractivity contribution >= 4 is 0 Å². The topological polar surface area (TPSA) is 46.9 Å². The Bertz CT molecular complexity index is 179. The molecule has 0 unspecified atom stereocenters. The van der Waals surface area contributed by atoms with Gasteiger partial charge in [0.05, 0.1) is 6.61 Å². The lowest BCUT2D eigenvalue weighted by Crippen LogP contribution is -2.32. The normalized spacial score (nSPS) is 19.4. The van der Waals surface area contributed by atoms with E-state index in [1.165, 1.54) is 32.4 Å². The van der Waals surface area contributed by atoms with Crippen LogP contribution in [0.4, 0.5) is 0 Å². The molecule has 4 nitrogen and oxygen atoms in total. The summed E-state index contributed by atoms with van der Waals surface area (Å²) in [6, 6.07) is 0. The van der Waals surface area contributed by atoms with E-state index in [1.807, 2.05) is 0 Å². The summed E-state index contributed by atoms with van der Waals surface area (Å²) in [5.41, 5.74) is 0. The number of hydrogen-bond donors (Lipinski definition) is 2. The summed E-state index contributed by atoms with van der Waals surface area (Å²) in [7, 11) is 0. The van der Waals surface area contributed by atoms with Gasteiger partial charge in [-0.05, 0) is 38.9 Å². The smallest absolute Gasteiger partial charge is 0.0558 e. The first kappa shape index (κ1) is 14.9. The zero-order valence-corrected chi connectivity index (χ0v) is 11.0. The van der Waals surface area contributed by atoms with Gasteiger partial charge >= 0.3 is 0 Å². The molecule has 0 saturated carbocycles. The third-order valence-electron chi connectivity index (χ3n) is 3.48. The molecule has 1 aliphatic heterocycles. The third kappa shape index (κ3) is 6.99. The predicted octanol–water partition coefficient (Wildman–Crippen LogP) is 0.539. The minimum Gasteiger partial charge on any atom is -0.396 e. The molecule has 0 radical (unpaired) electrons. The van der Waals surface area contributed by atoms with Crippen molar-refractivity contribution in [2.24, 2.45) is 0 Å². The fourth-order valence-electron chi connectivity index (χ4n) is 2.41. The number of nitrogens with zero attached hydrogens (tertiary/aromatic N) is 2. The van der Waals surface area contributed by atoms with Crippen molar-refractivity contribution in [1.29, 1.82) is 0 Å². The Morgan fingerprint density at radius 2 is 1.29 bits per heavy atom. The summed E-state index contributed by atoms with van der Waals surface area (Å²) in [5.74, 6) is 0. The van der Waals surface area contributed by atoms with Crippen molar-refractivity contribution in [3.63, 3.8) is 0 Å². The lowest BCUT2D eigenvalue weighted by Gasteiger charge is -2.21. The quantitative estimate of drug-likeness (QED) is 0.612. The minimum atomic E-state index is 0.279. The molecule has 1 aliphatic rings. The molecule has 0 spiro atoms. The summed E-state index contributed by atoms with van der Waals surface area (Å²) in [4.78, 5) is 4.89. The lowest BCUT2D eigenvalue weighted by molar-refractivity contribution is 0.196. The van der Waals surface area contributed by atoms with E-state index in [-0.39, 0.29) is 6.61 Å². The van der Waals surface area contributed by atoms with Crippen LogP contribution < -0.4 is 0 Å². The minimum absolute atomic E-state index is 0.279. The molecule has 0 bridgehead atoms.